The minimum Gasteiger partial charge on any atom is -0.744 e. The minimum absolute atomic E-state index is 0. The maximum Gasteiger partial charge on any atom is 1.00 e. The third kappa shape index (κ3) is 4.70. The predicted molar refractivity (Wildman–Crippen MR) is 50.3 cm³/mol. The van der Waals surface area contributed by atoms with E-state index >= 15 is 0 Å². The predicted octanol–water partition coefficient (Wildman–Crippen LogP) is -0.356. The number of benzene rings is 1. The van der Waals surface area contributed by atoms with E-state index in [9.17, 15) is 34.9 Å². The third-order valence-corrected chi connectivity index (χ3v) is 2.65. The molecule has 0 amide bonds. The summed E-state index contributed by atoms with van der Waals surface area (Å²) in [5.41, 5.74) is 0. The van der Waals surface area contributed by atoms with Crippen molar-refractivity contribution in [3.05, 3.63) is 36.2 Å². The Morgan fingerprint density at radius 3 is 2.10 bits per heavy atom. The monoisotopic (exact) mass is 326 g/mol. The molecule has 1 aromatic carbocycles. The molecule has 20 heavy (non-hydrogen) atoms. The molecule has 0 aliphatic heterocycles. The Bertz CT molecular complexity index is 613. The number of para-hydroxylation sites is 1. The number of hydrogen-bond acceptors (Lipinski definition) is 4. The van der Waals surface area contributed by atoms with E-state index in [1.807, 2.05) is 0 Å². The number of rotatable bonds is 4. The first kappa shape index (κ1) is 19.3. The normalized spacial score (nSPS) is 11.5. The van der Waals surface area contributed by atoms with E-state index in [-0.39, 0.29) is 29.6 Å². The van der Waals surface area contributed by atoms with Crippen LogP contribution >= 0.6 is 0 Å². The van der Waals surface area contributed by atoms with Crippen LogP contribution in [0.25, 0.3) is 0 Å². The molecule has 0 bridgehead atoms. The van der Waals surface area contributed by atoms with Crippen LogP contribution in [0, 0.1) is 0 Å². The van der Waals surface area contributed by atoms with Gasteiger partial charge in [-0.3, -0.25) is 0 Å². The maximum atomic E-state index is 12.9. The smallest absolute Gasteiger partial charge is 0.744 e. The first-order valence-corrected chi connectivity index (χ1v) is 5.79. The molecule has 0 saturated carbocycles. The zero-order valence-electron chi connectivity index (χ0n) is 9.74. The van der Waals surface area contributed by atoms with Gasteiger partial charge in [0, 0.05) is 0 Å². The fraction of sp³-hybridized carbons (Fsp3) is 0.111. The van der Waals surface area contributed by atoms with Crippen LogP contribution < -0.4 is 34.3 Å². The molecule has 106 valence electrons. The zero-order valence-corrected chi connectivity index (χ0v) is 12.6. The number of hydrogen-bond donors (Lipinski definition) is 0. The second-order valence-corrected chi connectivity index (χ2v) is 4.44. The summed E-state index contributed by atoms with van der Waals surface area (Å²) in [6.07, 6.45) is -8.42. The summed E-state index contributed by atoms with van der Waals surface area (Å²) in [5.74, 6) is -4.41. The average molecular weight is 326 g/mol. The van der Waals surface area contributed by atoms with Gasteiger partial charge in [0.2, 0.25) is 0 Å². The van der Waals surface area contributed by atoms with Gasteiger partial charge in [-0.25, -0.2) is 8.42 Å². The van der Waals surface area contributed by atoms with Gasteiger partial charge in [-0.1, -0.05) is 12.1 Å². The van der Waals surface area contributed by atoms with Crippen molar-refractivity contribution >= 4 is 10.1 Å². The number of alkyl halides is 2. The molecule has 0 heterocycles. The summed E-state index contributed by atoms with van der Waals surface area (Å²) < 4.78 is 97.4. The quantitative estimate of drug-likeness (QED) is 0.431. The molecule has 0 saturated heterocycles. The van der Waals surface area contributed by atoms with Crippen molar-refractivity contribution in [3.8, 4) is 5.75 Å². The van der Waals surface area contributed by atoms with E-state index in [0.29, 0.717) is 12.1 Å². The van der Waals surface area contributed by atoms with Gasteiger partial charge < -0.3 is 9.29 Å². The SMILES string of the molecule is O=S(=O)([O-])c1ccccc1OC(F)(F)C(F)=C(F)F.[Na+]. The van der Waals surface area contributed by atoms with Gasteiger partial charge in [-0.15, -0.1) is 0 Å². The van der Waals surface area contributed by atoms with Crippen molar-refractivity contribution in [1.82, 2.24) is 0 Å². The van der Waals surface area contributed by atoms with Crippen LogP contribution in [0.3, 0.4) is 0 Å². The Morgan fingerprint density at radius 1 is 1.15 bits per heavy atom. The first-order valence-electron chi connectivity index (χ1n) is 4.38. The van der Waals surface area contributed by atoms with Crippen LogP contribution in [-0.2, 0) is 10.1 Å². The van der Waals surface area contributed by atoms with E-state index in [0.717, 1.165) is 12.1 Å². The molecule has 0 aromatic heterocycles. The molecule has 1 rings (SSSR count). The first-order chi connectivity index (χ1) is 8.55. The molecule has 11 heteroatoms. The Kier molecular flexibility index (Phi) is 6.62. The van der Waals surface area contributed by atoms with Crippen LogP contribution in [0.5, 0.6) is 5.75 Å². The Hall–Kier alpha value is -0.680. The summed E-state index contributed by atoms with van der Waals surface area (Å²) in [7, 11) is -5.19. The van der Waals surface area contributed by atoms with E-state index in [4.69, 9.17) is 0 Å². The summed E-state index contributed by atoms with van der Waals surface area (Å²) in [4.78, 5) is -1.22. The molecule has 1 aromatic rings. The summed E-state index contributed by atoms with van der Waals surface area (Å²) in [5, 5.41) is 0. The molecule has 0 spiro atoms. The molecule has 0 N–H and O–H groups in total. The zero-order chi connectivity index (χ0) is 14.8. The van der Waals surface area contributed by atoms with E-state index in [1.165, 1.54) is 0 Å². The number of ether oxygens (including phenoxy) is 1. The Morgan fingerprint density at radius 2 is 1.65 bits per heavy atom. The summed E-state index contributed by atoms with van der Waals surface area (Å²) >= 11 is 0. The van der Waals surface area contributed by atoms with E-state index in [1.54, 1.807) is 0 Å². The van der Waals surface area contributed by atoms with Crippen LogP contribution in [0.1, 0.15) is 0 Å². The fourth-order valence-corrected chi connectivity index (χ4v) is 1.64. The van der Waals surface area contributed by atoms with Gasteiger partial charge in [0.25, 0.3) is 5.83 Å². The minimum atomic E-state index is -5.19. The van der Waals surface area contributed by atoms with Gasteiger partial charge >= 0.3 is 41.7 Å². The topological polar surface area (TPSA) is 66.4 Å². The van der Waals surface area contributed by atoms with Gasteiger partial charge in [-0.2, -0.15) is 22.0 Å². The molecule has 4 nitrogen and oxygen atoms in total. The molecular weight excluding hydrogens is 322 g/mol. The molecule has 0 aliphatic rings. The number of halogens is 5. The van der Waals surface area contributed by atoms with Crippen LogP contribution in [0.4, 0.5) is 22.0 Å². The van der Waals surface area contributed by atoms with Gasteiger partial charge in [0.15, 0.2) is 0 Å². The second kappa shape index (κ2) is 6.85. The molecular formula is C9H4F5NaO4S. The van der Waals surface area contributed by atoms with E-state index < -0.39 is 38.8 Å². The van der Waals surface area contributed by atoms with E-state index in [2.05, 4.69) is 4.74 Å². The van der Waals surface area contributed by atoms with Gasteiger partial charge in [-0.05, 0) is 12.1 Å². The molecule has 0 radical (unpaired) electrons. The maximum absolute atomic E-state index is 12.9. The Labute approximate surface area is 132 Å². The van der Waals surface area contributed by atoms with Crippen molar-refractivity contribution in [2.75, 3.05) is 0 Å². The third-order valence-electron chi connectivity index (χ3n) is 1.78. The molecule has 0 unspecified atom stereocenters. The van der Waals surface area contributed by atoms with Crippen molar-refractivity contribution in [2.24, 2.45) is 0 Å². The van der Waals surface area contributed by atoms with Crippen molar-refractivity contribution in [3.63, 3.8) is 0 Å². The van der Waals surface area contributed by atoms with Gasteiger partial charge in [0.05, 0.1) is 4.90 Å². The van der Waals surface area contributed by atoms with Gasteiger partial charge in [0.1, 0.15) is 15.9 Å². The average Bonchev–Trinajstić information content (AvgIpc) is 2.26. The summed E-state index contributed by atoms with van der Waals surface area (Å²) in [6, 6.07) is 3.22. The van der Waals surface area contributed by atoms with Crippen molar-refractivity contribution in [1.29, 1.82) is 0 Å². The fourth-order valence-electron chi connectivity index (χ4n) is 1.03. The molecule has 0 aliphatic carbocycles. The largest absolute Gasteiger partial charge is 1.00 e. The summed E-state index contributed by atoms with van der Waals surface area (Å²) in [6.45, 7) is 0. The second-order valence-electron chi connectivity index (χ2n) is 3.09. The standard InChI is InChI=1S/C9H5F5O4S.Na/c10-7(8(11)12)9(13,14)18-5-3-1-2-4-6(5)19(15,16)17;/h1-4H,(H,15,16,17);/q;+1/p-1. The van der Waals surface area contributed by atoms with Crippen molar-refractivity contribution in [2.45, 2.75) is 11.0 Å². The van der Waals surface area contributed by atoms with Crippen LogP contribution in [-0.4, -0.2) is 19.1 Å². The Balaban J connectivity index is 0.00000361. The van der Waals surface area contributed by atoms with Crippen molar-refractivity contribution < 1.29 is 69.2 Å². The van der Waals surface area contributed by atoms with Crippen LogP contribution in [0.15, 0.2) is 41.1 Å². The molecule has 0 fully saturated rings. The van der Waals surface area contributed by atoms with Crippen LogP contribution in [0.2, 0.25) is 0 Å². The molecule has 0 atom stereocenters.